The van der Waals surface area contributed by atoms with Crippen LogP contribution in [0.1, 0.15) is 5.82 Å². The van der Waals surface area contributed by atoms with Crippen molar-refractivity contribution in [3.05, 3.63) is 18.2 Å². The minimum absolute atomic E-state index is 0. The van der Waals surface area contributed by atoms with Gasteiger partial charge in [-0.15, -0.1) is 0 Å². The van der Waals surface area contributed by atoms with Crippen molar-refractivity contribution in [3.63, 3.8) is 0 Å². The van der Waals surface area contributed by atoms with E-state index >= 15 is 0 Å². The number of nitrogens with zero attached hydrogens (tertiary/aromatic N) is 2. The first kappa shape index (κ1) is 7.85. The normalized spacial score (nSPS) is 7.57. The third kappa shape index (κ3) is 2.61. The number of hydrogen-bond acceptors (Lipinski definition) is 1. The number of aromatic nitrogens is 2. The molecule has 0 radical (unpaired) electrons. The van der Waals surface area contributed by atoms with Gasteiger partial charge in [-0.2, -0.15) is 0 Å². The minimum atomic E-state index is 0. The topological polar surface area (TPSA) is 27.0 Å². The molecule has 0 spiro atoms. The van der Waals surface area contributed by atoms with Crippen molar-refractivity contribution in [3.8, 4) is 0 Å². The Bertz CT molecular complexity index is 113. The fraction of sp³-hybridized carbons (Fsp3) is 0.250. The summed E-state index contributed by atoms with van der Waals surface area (Å²) < 4.78 is 0. The zero-order valence-electron chi connectivity index (χ0n) is 4.55. The first-order valence-electron chi connectivity index (χ1n) is 1.80. The summed E-state index contributed by atoms with van der Waals surface area (Å²) in [7, 11) is 0. The molecule has 1 heterocycles. The molecule has 1 rings (SSSR count). The monoisotopic (exact) mass is 120 g/mol. The molecule has 0 atom stereocenters. The molecule has 0 N–H and O–H groups in total. The van der Waals surface area contributed by atoms with E-state index in [-0.39, 0.29) is 51.4 Å². The summed E-state index contributed by atoms with van der Waals surface area (Å²) in [6.07, 6.45) is 3.35. The summed E-state index contributed by atoms with van der Waals surface area (Å²) in [5.74, 6) is 0.843. The van der Waals surface area contributed by atoms with E-state index in [0.29, 0.717) is 0 Å². The van der Waals surface area contributed by atoms with Crippen LogP contribution in [-0.4, -0.2) is 4.98 Å². The van der Waals surface area contributed by atoms with Crippen molar-refractivity contribution in [2.75, 3.05) is 0 Å². The van der Waals surface area contributed by atoms with Crippen LogP contribution in [0.15, 0.2) is 12.4 Å². The van der Waals surface area contributed by atoms with Crippen molar-refractivity contribution < 1.29 is 51.4 Å². The molecule has 0 amide bonds. The Hall–Kier alpha value is 0.846. The fourth-order valence-electron chi connectivity index (χ4n) is 0.316. The van der Waals surface area contributed by atoms with Gasteiger partial charge in [0, 0.05) is 0 Å². The van der Waals surface area contributed by atoms with Crippen molar-refractivity contribution >= 4 is 0 Å². The third-order valence-corrected chi connectivity index (χ3v) is 0.589. The van der Waals surface area contributed by atoms with Crippen LogP contribution < -0.4 is 56.4 Å². The van der Waals surface area contributed by atoms with E-state index in [9.17, 15) is 0 Å². The van der Waals surface area contributed by atoms with Crippen LogP contribution in [0.4, 0.5) is 0 Å². The quantitative estimate of drug-likeness (QED) is 0.350. The largest absolute Gasteiger partial charge is 1.00 e. The molecule has 0 saturated carbocycles. The van der Waals surface area contributed by atoms with Gasteiger partial charge in [0.1, 0.15) is 0 Å². The van der Waals surface area contributed by atoms with Gasteiger partial charge in [0.15, 0.2) is 0 Å². The number of aryl methyl sites for hydroxylation is 1. The van der Waals surface area contributed by atoms with E-state index in [1.165, 1.54) is 0 Å². The molecule has 0 aliphatic rings. The van der Waals surface area contributed by atoms with Crippen molar-refractivity contribution in [2.45, 2.75) is 6.92 Å². The molecule has 2 nitrogen and oxygen atoms in total. The van der Waals surface area contributed by atoms with Crippen LogP contribution >= 0.6 is 0 Å². The Balaban J connectivity index is 0.000000360. The maximum atomic E-state index is 3.81. The van der Waals surface area contributed by atoms with Gasteiger partial charge >= 0.3 is 51.4 Å². The summed E-state index contributed by atoms with van der Waals surface area (Å²) in [5, 5.41) is 0. The van der Waals surface area contributed by atoms with E-state index < -0.39 is 0 Å². The summed E-state index contributed by atoms with van der Waals surface area (Å²) in [6, 6.07) is 0. The molecule has 0 saturated heterocycles. The van der Waals surface area contributed by atoms with Crippen LogP contribution in [-0.2, 0) is 0 Å². The first-order valence-corrected chi connectivity index (χ1v) is 1.80. The smallest absolute Gasteiger partial charge is 0.447 e. The van der Waals surface area contributed by atoms with E-state index in [4.69, 9.17) is 0 Å². The van der Waals surface area contributed by atoms with Crippen LogP contribution in [0.25, 0.3) is 0 Å². The second-order valence-corrected chi connectivity index (χ2v) is 1.10. The van der Waals surface area contributed by atoms with Gasteiger partial charge < -0.3 is 9.97 Å². The SMILES string of the molecule is Cc1ncc[n-]1.[K+]. The Morgan fingerprint density at radius 2 is 2.43 bits per heavy atom. The molecular formula is C4H5KN2. The summed E-state index contributed by atoms with van der Waals surface area (Å²) >= 11 is 0. The predicted molar refractivity (Wildman–Crippen MR) is 22.3 cm³/mol. The van der Waals surface area contributed by atoms with E-state index in [0.717, 1.165) is 5.82 Å². The second kappa shape index (κ2) is 3.80. The zero-order chi connectivity index (χ0) is 4.41. The summed E-state index contributed by atoms with van der Waals surface area (Å²) in [5.41, 5.74) is 0. The molecule has 3 heteroatoms. The maximum absolute atomic E-state index is 3.81. The van der Waals surface area contributed by atoms with E-state index in [1.54, 1.807) is 12.4 Å². The molecule has 7 heavy (non-hydrogen) atoms. The Morgan fingerprint density at radius 1 is 1.71 bits per heavy atom. The summed E-state index contributed by atoms with van der Waals surface area (Å²) in [4.78, 5) is 7.61. The van der Waals surface area contributed by atoms with Gasteiger partial charge in [0.25, 0.3) is 0 Å². The molecule has 0 fully saturated rings. The average Bonchev–Trinajstić information content (AvgIpc) is 1.86. The van der Waals surface area contributed by atoms with Gasteiger partial charge in [-0.1, -0.05) is 18.2 Å². The average molecular weight is 120 g/mol. The molecule has 0 aliphatic heterocycles. The fourth-order valence-corrected chi connectivity index (χ4v) is 0.316. The molecule has 1 aromatic heterocycles. The number of hydrogen-bond donors (Lipinski definition) is 0. The Kier molecular flexibility index (Phi) is 4.26. The van der Waals surface area contributed by atoms with E-state index in [1.807, 2.05) is 6.92 Å². The van der Waals surface area contributed by atoms with Crippen molar-refractivity contribution in [2.24, 2.45) is 0 Å². The van der Waals surface area contributed by atoms with Crippen LogP contribution in [0.3, 0.4) is 0 Å². The van der Waals surface area contributed by atoms with Crippen LogP contribution in [0.5, 0.6) is 0 Å². The minimum Gasteiger partial charge on any atom is -0.447 e. The Labute approximate surface area is 85.1 Å². The van der Waals surface area contributed by atoms with Crippen LogP contribution in [0.2, 0.25) is 0 Å². The maximum Gasteiger partial charge on any atom is 1.00 e. The van der Waals surface area contributed by atoms with Crippen LogP contribution in [0, 0.1) is 6.92 Å². The third-order valence-electron chi connectivity index (χ3n) is 0.589. The molecule has 0 aromatic carbocycles. The van der Waals surface area contributed by atoms with Gasteiger partial charge in [-0.05, 0) is 6.92 Å². The predicted octanol–water partition coefficient (Wildman–Crippen LogP) is -2.65. The van der Waals surface area contributed by atoms with Gasteiger partial charge in [0.05, 0.1) is 0 Å². The van der Waals surface area contributed by atoms with Crippen molar-refractivity contribution in [1.29, 1.82) is 0 Å². The molecule has 0 unspecified atom stereocenters. The Morgan fingerprint density at radius 3 is 2.57 bits per heavy atom. The summed E-state index contributed by atoms with van der Waals surface area (Å²) in [6.45, 7) is 1.86. The molecule has 32 valence electrons. The zero-order valence-corrected chi connectivity index (χ0v) is 7.67. The molecule has 0 aliphatic carbocycles. The van der Waals surface area contributed by atoms with Crippen molar-refractivity contribution in [1.82, 2.24) is 9.97 Å². The number of imidazole rings is 1. The number of rotatable bonds is 0. The molecular weight excluding hydrogens is 115 g/mol. The van der Waals surface area contributed by atoms with Gasteiger partial charge in [-0.25, -0.2) is 0 Å². The van der Waals surface area contributed by atoms with Gasteiger partial charge in [-0.3, -0.25) is 0 Å². The standard InChI is InChI=1S/C4H5N2.K/c1-4-5-2-3-6-4;/h2-3H,1H3;/q-1;+1. The van der Waals surface area contributed by atoms with Gasteiger partial charge in [0.2, 0.25) is 0 Å². The first-order chi connectivity index (χ1) is 2.89. The van der Waals surface area contributed by atoms with E-state index in [2.05, 4.69) is 9.97 Å². The molecule has 1 aromatic rings. The molecule has 0 bridgehead atoms. The second-order valence-electron chi connectivity index (χ2n) is 1.10.